The first kappa shape index (κ1) is 12.0. The van der Waals surface area contributed by atoms with Crippen molar-refractivity contribution in [1.29, 1.82) is 0 Å². The zero-order chi connectivity index (χ0) is 11.8. The summed E-state index contributed by atoms with van der Waals surface area (Å²) in [6.45, 7) is 0. The Morgan fingerprint density at radius 2 is 1.71 bits per heavy atom. The fourth-order valence-corrected chi connectivity index (χ4v) is 4.38. The average molecular weight is 314 g/mol. The fourth-order valence-electron chi connectivity index (χ4n) is 3.57. The molecule has 2 fully saturated rings. The van der Waals surface area contributed by atoms with Gasteiger partial charge in [0.25, 0.3) is 0 Å². The van der Waals surface area contributed by atoms with Gasteiger partial charge >= 0.3 is 0 Å². The normalized spacial score (nSPS) is 32.9. The molecule has 1 aromatic rings. The number of hydrogen-bond acceptors (Lipinski definition) is 0. The van der Waals surface area contributed by atoms with Gasteiger partial charge in [0.15, 0.2) is 0 Å². The van der Waals surface area contributed by atoms with Gasteiger partial charge in [-0.15, -0.1) is 11.6 Å². The van der Waals surface area contributed by atoms with E-state index < -0.39 is 0 Å². The van der Waals surface area contributed by atoms with E-state index in [1.807, 2.05) is 0 Å². The summed E-state index contributed by atoms with van der Waals surface area (Å²) in [6, 6.07) is 8.59. The van der Waals surface area contributed by atoms with Crippen molar-refractivity contribution in [2.24, 2.45) is 17.8 Å². The molecule has 0 amide bonds. The van der Waals surface area contributed by atoms with Crippen molar-refractivity contribution in [2.75, 3.05) is 0 Å². The van der Waals surface area contributed by atoms with Gasteiger partial charge in [-0.25, -0.2) is 0 Å². The molecule has 2 aliphatic rings. The quantitative estimate of drug-likeness (QED) is 0.686. The van der Waals surface area contributed by atoms with Crippen LogP contribution in [0, 0.1) is 17.8 Å². The van der Waals surface area contributed by atoms with Gasteiger partial charge in [0.1, 0.15) is 0 Å². The largest absolute Gasteiger partial charge is 0.122 e. The zero-order valence-corrected chi connectivity index (χ0v) is 12.3. The Morgan fingerprint density at radius 3 is 2.29 bits per heavy atom. The second kappa shape index (κ2) is 4.93. The first-order valence-electron chi connectivity index (χ1n) is 6.64. The van der Waals surface area contributed by atoms with E-state index in [0.29, 0.717) is 5.38 Å². The van der Waals surface area contributed by atoms with Crippen molar-refractivity contribution >= 4 is 27.5 Å². The molecule has 0 aromatic heterocycles. The topological polar surface area (TPSA) is 0 Å². The van der Waals surface area contributed by atoms with Gasteiger partial charge in [0.05, 0.1) is 0 Å². The Labute approximate surface area is 117 Å². The number of hydrogen-bond donors (Lipinski definition) is 0. The van der Waals surface area contributed by atoms with E-state index in [9.17, 15) is 0 Å². The summed E-state index contributed by atoms with van der Waals surface area (Å²) in [5, 5.41) is 0.351. The van der Waals surface area contributed by atoms with Gasteiger partial charge in [0, 0.05) is 9.85 Å². The summed E-state index contributed by atoms with van der Waals surface area (Å²) in [7, 11) is 0. The Balaban J connectivity index is 1.60. The Morgan fingerprint density at radius 1 is 1.12 bits per heavy atom. The van der Waals surface area contributed by atoms with Gasteiger partial charge in [-0.2, -0.15) is 0 Å². The van der Waals surface area contributed by atoms with Crippen LogP contribution in [-0.2, 0) is 6.42 Å². The highest BCUT2D eigenvalue weighted by Crippen LogP contribution is 2.58. The monoisotopic (exact) mass is 312 g/mol. The SMILES string of the molecule is ClC(Cc1ccc(Br)cc1)C1C2CCCCC21. The molecule has 3 rings (SSSR count). The molecule has 0 nitrogen and oxygen atoms in total. The molecule has 2 heteroatoms. The predicted molar refractivity (Wildman–Crippen MR) is 76.4 cm³/mol. The van der Waals surface area contributed by atoms with Crippen LogP contribution in [0.25, 0.3) is 0 Å². The number of rotatable bonds is 3. The van der Waals surface area contributed by atoms with E-state index in [0.717, 1.165) is 28.6 Å². The molecule has 0 aliphatic heterocycles. The first-order chi connectivity index (χ1) is 8.25. The molecule has 2 saturated carbocycles. The molecule has 92 valence electrons. The smallest absolute Gasteiger partial charge is 0.0410 e. The molecule has 0 N–H and O–H groups in total. The maximum atomic E-state index is 6.62. The molecule has 1 aromatic carbocycles. The van der Waals surface area contributed by atoms with E-state index in [-0.39, 0.29) is 0 Å². The molecule has 0 saturated heterocycles. The molecular weight excluding hydrogens is 296 g/mol. The summed E-state index contributed by atoms with van der Waals surface area (Å²) < 4.78 is 1.15. The average Bonchev–Trinajstić information content (AvgIpc) is 3.06. The number of alkyl halides is 1. The van der Waals surface area contributed by atoms with Crippen LogP contribution in [0.15, 0.2) is 28.7 Å². The highest BCUT2D eigenvalue weighted by atomic mass is 79.9. The van der Waals surface area contributed by atoms with Gasteiger partial charge in [-0.1, -0.05) is 40.9 Å². The molecule has 0 heterocycles. The lowest BCUT2D eigenvalue weighted by Crippen LogP contribution is -2.08. The molecule has 17 heavy (non-hydrogen) atoms. The van der Waals surface area contributed by atoms with Gasteiger partial charge in [-0.3, -0.25) is 0 Å². The Bertz CT molecular complexity index is 374. The van der Waals surface area contributed by atoms with E-state index >= 15 is 0 Å². The summed E-state index contributed by atoms with van der Waals surface area (Å²) >= 11 is 10.1. The molecular formula is C15H18BrCl. The Hall–Kier alpha value is -0.0100. The summed E-state index contributed by atoms with van der Waals surface area (Å²) in [4.78, 5) is 0. The minimum atomic E-state index is 0.351. The number of halogens is 2. The molecule has 0 spiro atoms. The van der Waals surface area contributed by atoms with E-state index in [1.165, 1.54) is 31.2 Å². The van der Waals surface area contributed by atoms with Gasteiger partial charge < -0.3 is 0 Å². The minimum absolute atomic E-state index is 0.351. The number of fused-ring (bicyclic) bond motifs is 1. The van der Waals surface area contributed by atoms with Crippen molar-refractivity contribution in [1.82, 2.24) is 0 Å². The van der Waals surface area contributed by atoms with Crippen LogP contribution in [0.5, 0.6) is 0 Å². The van der Waals surface area contributed by atoms with Crippen molar-refractivity contribution in [2.45, 2.75) is 37.5 Å². The lowest BCUT2D eigenvalue weighted by molar-refractivity contribution is 0.480. The highest BCUT2D eigenvalue weighted by Gasteiger charge is 2.53. The lowest BCUT2D eigenvalue weighted by Gasteiger charge is -2.09. The molecule has 0 bridgehead atoms. The lowest BCUT2D eigenvalue weighted by atomic mass is 10.0. The van der Waals surface area contributed by atoms with Crippen molar-refractivity contribution in [3.63, 3.8) is 0 Å². The van der Waals surface area contributed by atoms with E-state index in [4.69, 9.17) is 11.6 Å². The van der Waals surface area contributed by atoms with Crippen LogP contribution in [0.3, 0.4) is 0 Å². The van der Waals surface area contributed by atoms with Gasteiger partial charge in [0.2, 0.25) is 0 Å². The second-order valence-corrected chi connectivity index (χ2v) is 7.01. The van der Waals surface area contributed by atoms with Crippen LogP contribution in [0.4, 0.5) is 0 Å². The van der Waals surface area contributed by atoms with Gasteiger partial charge in [-0.05, 0) is 54.7 Å². The fraction of sp³-hybridized carbons (Fsp3) is 0.600. The maximum absolute atomic E-state index is 6.62. The van der Waals surface area contributed by atoms with Crippen LogP contribution < -0.4 is 0 Å². The Kier molecular flexibility index (Phi) is 3.49. The third kappa shape index (κ3) is 2.56. The summed E-state index contributed by atoms with van der Waals surface area (Å²) in [5.74, 6) is 2.73. The van der Waals surface area contributed by atoms with Crippen LogP contribution >= 0.6 is 27.5 Å². The second-order valence-electron chi connectivity index (χ2n) is 5.54. The molecule has 0 radical (unpaired) electrons. The zero-order valence-electron chi connectivity index (χ0n) is 9.91. The third-order valence-electron chi connectivity index (χ3n) is 4.48. The predicted octanol–water partition coefficient (Wildman–Crippen LogP) is 5.04. The summed E-state index contributed by atoms with van der Waals surface area (Å²) in [6.07, 6.45) is 6.75. The van der Waals surface area contributed by atoms with Crippen LogP contribution in [0.2, 0.25) is 0 Å². The van der Waals surface area contributed by atoms with E-state index in [1.54, 1.807) is 0 Å². The first-order valence-corrected chi connectivity index (χ1v) is 7.87. The van der Waals surface area contributed by atoms with Crippen LogP contribution in [0.1, 0.15) is 31.2 Å². The standard InChI is InChI=1S/C15H18BrCl/c16-11-7-5-10(6-8-11)9-14(17)15-12-3-1-2-4-13(12)15/h5-8,12-15H,1-4,9H2. The van der Waals surface area contributed by atoms with Crippen LogP contribution in [-0.4, -0.2) is 5.38 Å². The summed E-state index contributed by atoms with van der Waals surface area (Å²) in [5.41, 5.74) is 1.37. The highest BCUT2D eigenvalue weighted by molar-refractivity contribution is 9.10. The van der Waals surface area contributed by atoms with Crippen molar-refractivity contribution in [3.8, 4) is 0 Å². The van der Waals surface area contributed by atoms with Crippen molar-refractivity contribution in [3.05, 3.63) is 34.3 Å². The van der Waals surface area contributed by atoms with Crippen molar-refractivity contribution < 1.29 is 0 Å². The molecule has 3 atom stereocenters. The maximum Gasteiger partial charge on any atom is 0.0410 e. The number of benzene rings is 1. The third-order valence-corrected chi connectivity index (χ3v) is 5.46. The minimum Gasteiger partial charge on any atom is -0.122 e. The van der Waals surface area contributed by atoms with E-state index in [2.05, 4.69) is 40.2 Å². The molecule has 2 aliphatic carbocycles. The molecule has 3 unspecified atom stereocenters.